The van der Waals surface area contributed by atoms with Gasteiger partial charge in [0.2, 0.25) is 10.0 Å². The summed E-state index contributed by atoms with van der Waals surface area (Å²) in [4.78, 5) is 0. The molecule has 1 fully saturated rings. The van der Waals surface area contributed by atoms with Crippen LogP contribution < -0.4 is 5.73 Å². The van der Waals surface area contributed by atoms with Crippen molar-refractivity contribution in [2.75, 3.05) is 18.8 Å². The first-order valence-corrected chi connectivity index (χ1v) is 7.84. The Morgan fingerprint density at radius 2 is 1.75 bits per heavy atom. The number of likely N-dealkylation sites (N-methyl/N-ethyl adjacent to an activating group) is 1. The van der Waals surface area contributed by atoms with E-state index in [-0.39, 0.29) is 11.3 Å². The minimum absolute atomic E-state index is 0.169. The lowest BCUT2D eigenvalue weighted by Gasteiger charge is -2.44. The van der Waals surface area contributed by atoms with Crippen LogP contribution in [-0.2, 0) is 10.0 Å². The van der Waals surface area contributed by atoms with Crippen LogP contribution in [-0.4, -0.2) is 37.1 Å². The van der Waals surface area contributed by atoms with Crippen molar-refractivity contribution in [3.8, 4) is 0 Å². The molecule has 0 aromatic heterocycles. The topological polar surface area (TPSA) is 63.4 Å². The molecule has 0 heterocycles. The summed E-state index contributed by atoms with van der Waals surface area (Å²) in [5.41, 5.74) is 5.56. The molecule has 0 saturated heterocycles. The normalized spacial score (nSPS) is 21.2. The first kappa shape index (κ1) is 13.9. The van der Waals surface area contributed by atoms with Crippen LogP contribution in [0.15, 0.2) is 0 Å². The van der Waals surface area contributed by atoms with E-state index in [1.54, 1.807) is 11.2 Å². The van der Waals surface area contributed by atoms with Crippen LogP contribution in [0.3, 0.4) is 0 Å². The Balaban J connectivity index is 3.00. The molecule has 2 N–H and O–H groups in total. The Bertz CT molecular complexity index is 308. The molecule has 5 heteroatoms. The summed E-state index contributed by atoms with van der Waals surface area (Å²) in [6.45, 7) is 4.58. The van der Waals surface area contributed by atoms with Gasteiger partial charge in [0.1, 0.15) is 0 Å². The first-order valence-electron chi connectivity index (χ1n) is 6.23. The van der Waals surface area contributed by atoms with Gasteiger partial charge in [-0.15, -0.1) is 0 Å². The quantitative estimate of drug-likeness (QED) is 0.798. The third kappa shape index (κ3) is 2.57. The minimum Gasteiger partial charge on any atom is -0.329 e. The fraction of sp³-hybridized carbons (Fsp3) is 1.00. The largest absolute Gasteiger partial charge is 0.329 e. The number of nitrogens with two attached hydrogens (primary N) is 1. The Kier molecular flexibility index (Phi) is 4.76. The smallest absolute Gasteiger partial charge is 0.214 e. The Hall–Kier alpha value is -0.130. The van der Waals surface area contributed by atoms with E-state index in [0.29, 0.717) is 13.1 Å². The SMILES string of the molecule is CCN(C1(CN)CCCCC1)S(=O)(=O)CC. The Morgan fingerprint density at radius 1 is 1.19 bits per heavy atom. The highest BCUT2D eigenvalue weighted by Gasteiger charge is 2.41. The third-order valence-corrected chi connectivity index (χ3v) is 5.73. The van der Waals surface area contributed by atoms with Crippen molar-refractivity contribution < 1.29 is 8.42 Å². The zero-order valence-electron chi connectivity index (χ0n) is 10.4. The van der Waals surface area contributed by atoms with Crippen LogP contribution >= 0.6 is 0 Å². The molecule has 0 aliphatic heterocycles. The second-order valence-corrected chi connectivity index (χ2v) is 6.74. The van der Waals surface area contributed by atoms with Gasteiger partial charge in [-0.3, -0.25) is 0 Å². The van der Waals surface area contributed by atoms with Crippen molar-refractivity contribution in [1.29, 1.82) is 0 Å². The number of rotatable bonds is 5. The Morgan fingerprint density at radius 3 is 2.12 bits per heavy atom. The van der Waals surface area contributed by atoms with Gasteiger partial charge in [-0.05, 0) is 19.8 Å². The molecule has 0 amide bonds. The molecule has 0 spiro atoms. The summed E-state index contributed by atoms with van der Waals surface area (Å²) in [6.07, 6.45) is 5.21. The lowest BCUT2D eigenvalue weighted by Crippen LogP contribution is -2.57. The van der Waals surface area contributed by atoms with Crippen LogP contribution in [0.1, 0.15) is 46.0 Å². The lowest BCUT2D eigenvalue weighted by molar-refractivity contribution is 0.141. The summed E-state index contributed by atoms with van der Waals surface area (Å²) in [6, 6.07) is 0. The standard InChI is InChI=1S/C11H24N2O2S/c1-3-13(16(14,15)4-2)11(10-12)8-6-5-7-9-11/h3-10,12H2,1-2H3. The second-order valence-electron chi connectivity index (χ2n) is 4.55. The highest BCUT2D eigenvalue weighted by Crippen LogP contribution is 2.34. The molecule has 0 aromatic carbocycles. The van der Waals surface area contributed by atoms with Gasteiger partial charge in [0.15, 0.2) is 0 Å². The molecule has 0 atom stereocenters. The van der Waals surface area contributed by atoms with Crippen LogP contribution in [0.25, 0.3) is 0 Å². The van der Waals surface area contributed by atoms with E-state index in [0.717, 1.165) is 25.7 Å². The molecule has 0 bridgehead atoms. The summed E-state index contributed by atoms with van der Waals surface area (Å²) in [5.74, 6) is 0.169. The molecule has 0 aromatic rings. The average Bonchev–Trinajstić information content (AvgIpc) is 2.31. The van der Waals surface area contributed by atoms with Crippen molar-refractivity contribution >= 4 is 10.0 Å². The van der Waals surface area contributed by atoms with Crippen molar-refractivity contribution in [2.24, 2.45) is 5.73 Å². The number of hydrogen-bond donors (Lipinski definition) is 1. The maximum Gasteiger partial charge on any atom is 0.214 e. The predicted octanol–water partition coefficient (Wildman–Crippen LogP) is 1.32. The van der Waals surface area contributed by atoms with Gasteiger partial charge in [-0.1, -0.05) is 26.2 Å². The summed E-state index contributed by atoms with van der Waals surface area (Å²) < 4.78 is 25.8. The van der Waals surface area contributed by atoms with Gasteiger partial charge in [0.25, 0.3) is 0 Å². The summed E-state index contributed by atoms with van der Waals surface area (Å²) >= 11 is 0. The highest BCUT2D eigenvalue weighted by molar-refractivity contribution is 7.89. The van der Waals surface area contributed by atoms with E-state index >= 15 is 0 Å². The molecular formula is C11H24N2O2S. The van der Waals surface area contributed by atoms with Gasteiger partial charge in [0.05, 0.1) is 5.75 Å². The van der Waals surface area contributed by atoms with Gasteiger partial charge in [0, 0.05) is 18.6 Å². The fourth-order valence-electron chi connectivity index (χ4n) is 2.75. The highest BCUT2D eigenvalue weighted by atomic mass is 32.2. The van der Waals surface area contributed by atoms with Crippen molar-refractivity contribution in [2.45, 2.75) is 51.5 Å². The summed E-state index contributed by atoms with van der Waals surface area (Å²) in [5, 5.41) is 0. The third-order valence-electron chi connectivity index (χ3n) is 3.68. The predicted molar refractivity (Wildman–Crippen MR) is 66.7 cm³/mol. The molecule has 1 aliphatic rings. The van der Waals surface area contributed by atoms with E-state index in [4.69, 9.17) is 5.73 Å². The van der Waals surface area contributed by atoms with Gasteiger partial charge in [-0.2, -0.15) is 4.31 Å². The first-order chi connectivity index (χ1) is 7.52. The fourth-order valence-corrected chi connectivity index (χ4v) is 4.30. The molecule has 1 saturated carbocycles. The van der Waals surface area contributed by atoms with Crippen molar-refractivity contribution in [3.63, 3.8) is 0 Å². The van der Waals surface area contributed by atoms with E-state index in [1.807, 2.05) is 6.92 Å². The van der Waals surface area contributed by atoms with Gasteiger partial charge < -0.3 is 5.73 Å². The zero-order valence-corrected chi connectivity index (χ0v) is 11.2. The van der Waals surface area contributed by atoms with Crippen LogP contribution in [0.5, 0.6) is 0 Å². The number of sulfonamides is 1. The molecule has 0 radical (unpaired) electrons. The molecule has 1 aliphatic carbocycles. The van der Waals surface area contributed by atoms with Crippen molar-refractivity contribution in [3.05, 3.63) is 0 Å². The number of nitrogens with zero attached hydrogens (tertiary/aromatic N) is 1. The molecule has 96 valence electrons. The van der Waals surface area contributed by atoms with Crippen LogP contribution in [0.2, 0.25) is 0 Å². The Labute approximate surface area is 99.2 Å². The average molecular weight is 248 g/mol. The van der Waals surface area contributed by atoms with Crippen LogP contribution in [0.4, 0.5) is 0 Å². The maximum absolute atomic E-state index is 12.1. The molecule has 4 nitrogen and oxygen atoms in total. The molecule has 16 heavy (non-hydrogen) atoms. The van der Waals surface area contributed by atoms with E-state index in [2.05, 4.69) is 0 Å². The van der Waals surface area contributed by atoms with Crippen molar-refractivity contribution in [1.82, 2.24) is 4.31 Å². The zero-order chi connectivity index (χ0) is 12.2. The number of hydrogen-bond acceptors (Lipinski definition) is 3. The van der Waals surface area contributed by atoms with Gasteiger partial charge in [-0.25, -0.2) is 8.42 Å². The second kappa shape index (κ2) is 5.47. The van der Waals surface area contributed by atoms with Crippen LogP contribution in [0, 0.1) is 0 Å². The van der Waals surface area contributed by atoms with Gasteiger partial charge >= 0.3 is 0 Å². The summed E-state index contributed by atoms with van der Waals surface area (Å²) in [7, 11) is -3.13. The van der Waals surface area contributed by atoms with E-state index < -0.39 is 10.0 Å². The molecule has 1 rings (SSSR count). The minimum atomic E-state index is -3.13. The monoisotopic (exact) mass is 248 g/mol. The lowest BCUT2D eigenvalue weighted by atomic mass is 9.81. The van der Waals surface area contributed by atoms with E-state index in [1.165, 1.54) is 6.42 Å². The maximum atomic E-state index is 12.1. The van der Waals surface area contributed by atoms with E-state index in [9.17, 15) is 8.42 Å². The molecular weight excluding hydrogens is 224 g/mol. The molecule has 0 unspecified atom stereocenters.